The van der Waals surface area contributed by atoms with Crippen molar-refractivity contribution in [2.24, 2.45) is 0 Å². The monoisotopic (exact) mass is 213 g/mol. The van der Waals surface area contributed by atoms with Gasteiger partial charge in [0, 0.05) is 0 Å². The summed E-state index contributed by atoms with van der Waals surface area (Å²) in [5.74, 6) is -0.312. The minimum Gasteiger partial charge on any atom is -1.00 e. The van der Waals surface area contributed by atoms with Crippen molar-refractivity contribution < 1.29 is 44.0 Å². The SMILES string of the molecule is N.O=S(=O)(O)Cc1ccccc1.[H-].[Na+]. The Kier molecular flexibility index (Phi) is 7.81. The topological polar surface area (TPSA) is 89.4 Å². The maximum Gasteiger partial charge on any atom is 1.00 e. The molecule has 0 spiro atoms. The van der Waals surface area contributed by atoms with Gasteiger partial charge in [0.15, 0.2) is 0 Å². The second-order valence-corrected chi connectivity index (χ2v) is 3.66. The molecule has 6 heteroatoms. The van der Waals surface area contributed by atoms with Crippen molar-refractivity contribution in [1.29, 1.82) is 0 Å². The average molecular weight is 213 g/mol. The van der Waals surface area contributed by atoms with Gasteiger partial charge in [-0.2, -0.15) is 8.42 Å². The zero-order valence-electron chi connectivity index (χ0n) is 8.47. The van der Waals surface area contributed by atoms with Gasteiger partial charge in [-0.25, -0.2) is 0 Å². The number of hydrogen-bond donors (Lipinski definition) is 2. The Labute approximate surface area is 101 Å². The van der Waals surface area contributed by atoms with E-state index in [4.69, 9.17) is 4.55 Å². The summed E-state index contributed by atoms with van der Waals surface area (Å²) < 4.78 is 29.2. The molecular weight excluding hydrogens is 201 g/mol. The van der Waals surface area contributed by atoms with Gasteiger partial charge in [-0.05, 0) is 5.56 Å². The van der Waals surface area contributed by atoms with Gasteiger partial charge in [-0.1, -0.05) is 30.3 Å². The molecule has 0 radical (unpaired) electrons. The molecule has 13 heavy (non-hydrogen) atoms. The van der Waals surface area contributed by atoms with Gasteiger partial charge in [0.1, 0.15) is 5.75 Å². The Balaban J connectivity index is -0.000000403. The van der Waals surface area contributed by atoms with Crippen LogP contribution in [0.3, 0.4) is 0 Å². The number of hydrogen-bond acceptors (Lipinski definition) is 3. The first kappa shape index (κ1) is 15.6. The molecule has 70 valence electrons. The summed E-state index contributed by atoms with van der Waals surface area (Å²) in [4.78, 5) is 0. The summed E-state index contributed by atoms with van der Waals surface area (Å²) in [5.41, 5.74) is 0.593. The van der Waals surface area contributed by atoms with E-state index in [2.05, 4.69) is 0 Å². The second kappa shape index (κ2) is 6.53. The maximum absolute atomic E-state index is 10.4. The second-order valence-electron chi connectivity index (χ2n) is 2.21. The van der Waals surface area contributed by atoms with Crippen molar-refractivity contribution in [1.82, 2.24) is 6.15 Å². The van der Waals surface area contributed by atoms with Crippen LogP contribution in [0, 0.1) is 0 Å². The standard InChI is InChI=1S/C7H8O3S.H3N.Na.H/c8-11(9,10)6-7-4-2-1-3-5-7;;;/h1-5H,6H2,(H,8,9,10);1H3;;/q;;+1;-1. The molecule has 0 bridgehead atoms. The zero-order valence-corrected chi connectivity index (χ0v) is 10.3. The Morgan fingerprint density at radius 2 is 1.69 bits per heavy atom. The van der Waals surface area contributed by atoms with Gasteiger partial charge in [0.05, 0.1) is 0 Å². The van der Waals surface area contributed by atoms with Crippen LogP contribution in [-0.4, -0.2) is 13.0 Å². The van der Waals surface area contributed by atoms with Crippen LogP contribution in [0.25, 0.3) is 0 Å². The fourth-order valence-electron chi connectivity index (χ4n) is 0.785. The van der Waals surface area contributed by atoms with Crippen molar-refractivity contribution in [3.63, 3.8) is 0 Å². The van der Waals surface area contributed by atoms with Crippen molar-refractivity contribution in [2.45, 2.75) is 5.75 Å². The summed E-state index contributed by atoms with van der Waals surface area (Å²) in [5, 5.41) is 0. The van der Waals surface area contributed by atoms with Gasteiger partial charge < -0.3 is 7.58 Å². The van der Waals surface area contributed by atoms with E-state index >= 15 is 0 Å². The minimum absolute atomic E-state index is 0. The first-order valence-electron chi connectivity index (χ1n) is 3.07. The molecule has 0 aliphatic heterocycles. The molecule has 1 aromatic carbocycles. The summed E-state index contributed by atoms with van der Waals surface area (Å²) in [7, 11) is -3.88. The van der Waals surface area contributed by atoms with Crippen LogP contribution in [0.2, 0.25) is 0 Å². The molecule has 4 N–H and O–H groups in total. The quantitative estimate of drug-likeness (QED) is 0.455. The van der Waals surface area contributed by atoms with Gasteiger partial charge in [-0.3, -0.25) is 4.55 Å². The molecular formula is C7H12NNaO3S. The number of rotatable bonds is 2. The van der Waals surface area contributed by atoms with Crippen molar-refractivity contribution >= 4 is 10.1 Å². The van der Waals surface area contributed by atoms with Crippen LogP contribution < -0.4 is 35.7 Å². The molecule has 0 unspecified atom stereocenters. The maximum atomic E-state index is 10.4. The van der Waals surface area contributed by atoms with Crippen molar-refractivity contribution in [3.8, 4) is 0 Å². The first-order chi connectivity index (χ1) is 5.08. The van der Waals surface area contributed by atoms with Crippen LogP contribution in [-0.2, 0) is 15.9 Å². The van der Waals surface area contributed by atoms with E-state index in [1.807, 2.05) is 0 Å². The van der Waals surface area contributed by atoms with Crippen molar-refractivity contribution in [2.75, 3.05) is 0 Å². The fraction of sp³-hybridized carbons (Fsp3) is 0.143. The van der Waals surface area contributed by atoms with E-state index in [0.29, 0.717) is 5.56 Å². The van der Waals surface area contributed by atoms with Crippen LogP contribution in [0.1, 0.15) is 6.99 Å². The van der Waals surface area contributed by atoms with Gasteiger partial charge in [0.25, 0.3) is 10.1 Å². The van der Waals surface area contributed by atoms with Crippen LogP contribution in [0.4, 0.5) is 0 Å². The summed E-state index contributed by atoms with van der Waals surface area (Å²) in [6.07, 6.45) is 0. The summed E-state index contributed by atoms with van der Waals surface area (Å²) in [6, 6.07) is 8.52. The largest absolute Gasteiger partial charge is 1.00 e. The molecule has 0 aromatic heterocycles. The van der Waals surface area contributed by atoms with Gasteiger partial charge >= 0.3 is 29.6 Å². The van der Waals surface area contributed by atoms with E-state index in [1.54, 1.807) is 30.3 Å². The Hall–Kier alpha value is 0.0900. The Morgan fingerprint density at radius 3 is 2.08 bits per heavy atom. The number of benzene rings is 1. The van der Waals surface area contributed by atoms with Crippen LogP contribution in [0.15, 0.2) is 30.3 Å². The summed E-state index contributed by atoms with van der Waals surface area (Å²) in [6.45, 7) is 0. The van der Waals surface area contributed by atoms with Gasteiger partial charge in [0.2, 0.25) is 0 Å². The molecule has 0 amide bonds. The van der Waals surface area contributed by atoms with Crippen LogP contribution in [0.5, 0.6) is 0 Å². The third-order valence-electron chi connectivity index (χ3n) is 1.19. The Bertz CT molecular complexity index is 330. The average Bonchev–Trinajstić information content (AvgIpc) is 1.85. The molecule has 1 rings (SSSR count). The molecule has 0 saturated carbocycles. The Morgan fingerprint density at radius 1 is 1.23 bits per heavy atom. The molecule has 0 saturated heterocycles. The summed E-state index contributed by atoms with van der Waals surface area (Å²) >= 11 is 0. The fourth-order valence-corrected chi connectivity index (χ4v) is 1.40. The van der Waals surface area contributed by atoms with E-state index in [-0.39, 0.29) is 42.9 Å². The van der Waals surface area contributed by atoms with E-state index in [1.165, 1.54) is 0 Å². The molecule has 0 fully saturated rings. The zero-order chi connectivity index (χ0) is 8.32. The molecule has 4 nitrogen and oxygen atoms in total. The van der Waals surface area contributed by atoms with Crippen LogP contribution >= 0.6 is 0 Å². The third-order valence-corrected chi connectivity index (χ3v) is 1.89. The smallest absolute Gasteiger partial charge is 1.00 e. The first-order valence-corrected chi connectivity index (χ1v) is 4.68. The van der Waals surface area contributed by atoms with Crippen molar-refractivity contribution in [3.05, 3.63) is 35.9 Å². The van der Waals surface area contributed by atoms with E-state index < -0.39 is 10.1 Å². The van der Waals surface area contributed by atoms with Gasteiger partial charge in [-0.15, -0.1) is 0 Å². The normalized spacial score (nSPS) is 9.62. The third kappa shape index (κ3) is 7.18. The molecule has 0 aliphatic carbocycles. The molecule has 0 atom stereocenters. The predicted octanol–water partition coefficient (Wildman–Crippen LogP) is -1.65. The molecule has 0 aliphatic rings. The minimum atomic E-state index is -3.88. The van der Waals surface area contributed by atoms with E-state index in [0.717, 1.165) is 0 Å². The predicted molar refractivity (Wildman–Crippen MR) is 47.8 cm³/mol. The molecule has 0 heterocycles. The molecule has 1 aromatic rings. The van der Waals surface area contributed by atoms with E-state index in [9.17, 15) is 8.42 Å².